The molecule has 2 heterocycles. The van der Waals surface area contributed by atoms with Gasteiger partial charge in [-0.15, -0.1) is 0 Å². The van der Waals surface area contributed by atoms with Gasteiger partial charge in [0.05, 0.1) is 11.4 Å². The average molecular weight is 566 g/mol. The minimum absolute atomic E-state index is 0.854. The second-order valence-electron chi connectivity index (χ2n) is 11.4. The summed E-state index contributed by atoms with van der Waals surface area (Å²) in [4.78, 5) is 2.34. The number of hydrogen-bond donors (Lipinski definition) is 0. The van der Waals surface area contributed by atoms with Gasteiger partial charge in [-0.25, -0.2) is 0 Å². The molecule has 0 spiro atoms. The third-order valence-corrected chi connectivity index (χ3v) is 8.72. The lowest BCUT2D eigenvalue weighted by molar-refractivity contribution is 0.670. The zero-order valence-electron chi connectivity index (χ0n) is 24.1. The van der Waals surface area contributed by atoms with Crippen molar-refractivity contribution in [2.75, 3.05) is 4.90 Å². The van der Waals surface area contributed by atoms with Crippen LogP contribution in [-0.2, 0) is 0 Å². The highest BCUT2D eigenvalue weighted by Crippen LogP contribution is 2.48. The van der Waals surface area contributed by atoms with Crippen LogP contribution in [-0.4, -0.2) is 0 Å². The molecule has 44 heavy (non-hydrogen) atoms. The summed E-state index contributed by atoms with van der Waals surface area (Å²) in [7, 11) is 0. The van der Waals surface area contributed by atoms with E-state index in [4.69, 9.17) is 8.83 Å². The van der Waals surface area contributed by atoms with Crippen LogP contribution >= 0.6 is 0 Å². The standard InChI is InChI=1S/C41H27NO2/c1-26-21-23-28(24-22-26)42(37-25-35-31-14-7-8-20-38(31)43-40(35)32-15-6-5-13-30(32)37)36-19-10-18-34-33-17-9-16-29(39(33)44-41(34)36)27-11-3-2-4-12-27/h2-25H,1H3. The maximum absolute atomic E-state index is 6.91. The van der Waals surface area contributed by atoms with E-state index in [0.29, 0.717) is 0 Å². The molecule has 0 amide bonds. The Balaban J connectivity index is 1.39. The Morgan fingerprint density at radius 2 is 1.07 bits per heavy atom. The van der Waals surface area contributed by atoms with Crippen molar-refractivity contribution in [2.24, 2.45) is 0 Å². The number of rotatable bonds is 4. The molecular weight excluding hydrogens is 538 g/mol. The van der Waals surface area contributed by atoms with Gasteiger partial charge >= 0.3 is 0 Å². The van der Waals surface area contributed by atoms with Gasteiger partial charge in [0, 0.05) is 43.6 Å². The molecule has 2 aromatic heterocycles. The third-order valence-electron chi connectivity index (χ3n) is 8.72. The summed E-state index contributed by atoms with van der Waals surface area (Å²) in [5, 5.41) is 6.58. The molecule has 9 aromatic rings. The smallest absolute Gasteiger partial charge is 0.159 e. The van der Waals surface area contributed by atoms with Crippen molar-refractivity contribution in [3.8, 4) is 11.1 Å². The molecule has 0 radical (unpaired) electrons. The number of furan rings is 2. The lowest BCUT2D eigenvalue weighted by atomic mass is 10.0. The van der Waals surface area contributed by atoms with Crippen LogP contribution in [0.4, 0.5) is 17.1 Å². The summed E-state index contributed by atoms with van der Waals surface area (Å²) in [5.41, 5.74) is 10.1. The van der Waals surface area contributed by atoms with Crippen LogP contribution in [0.5, 0.6) is 0 Å². The van der Waals surface area contributed by atoms with E-state index in [1.54, 1.807) is 0 Å². The Hall–Kier alpha value is -5.80. The van der Waals surface area contributed by atoms with E-state index in [0.717, 1.165) is 82.8 Å². The summed E-state index contributed by atoms with van der Waals surface area (Å²) in [6, 6.07) is 51.2. The maximum Gasteiger partial charge on any atom is 0.159 e. The lowest BCUT2D eigenvalue weighted by Crippen LogP contribution is -2.11. The van der Waals surface area contributed by atoms with Crippen molar-refractivity contribution >= 4 is 71.7 Å². The van der Waals surface area contributed by atoms with E-state index in [9.17, 15) is 0 Å². The largest absolute Gasteiger partial charge is 0.455 e. The molecule has 3 heteroatoms. The van der Waals surface area contributed by atoms with Gasteiger partial charge < -0.3 is 13.7 Å². The van der Waals surface area contributed by atoms with E-state index in [2.05, 4.69) is 139 Å². The monoisotopic (exact) mass is 565 g/mol. The van der Waals surface area contributed by atoms with E-state index in [-0.39, 0.29) is 0 Å². The molecule has 7 aromatic carbocycles. The Morgan fingerprint density at radius 1 is 0.432 bits per heavy atom. The molecule has 0 aliphatic carbocycles. The maximum atomic E-state index is 6.91. The highest BCUT2D eigenvalue weighted by molar-refractivity contribution is 6.21. The van der Waals surface area contributed by atoms with Crippen LogP contribution in [0.25, 0.3) is 65.8 Å². The molecule has 0 N–H and O–H groups in total. The first kappa shape index (κ1) is 24.8. The van der Waals surface area contributed by atoms with E-state index >= 15 is 0 Å². The predicted octanol–water partition coefficient (Wildman–Crippen LogP) is 12.1. The van der Waals surface area contributed by atoms with Crippen LogP contribution in [0.2, 0.25) is 0 Å². The molecule has 0 aliphatic rings. The summed E-state index contributed by atoms with van der Waals surface area (Å²) in [6.45, 7) is 2.12. The Kier molecular flexibility index (Phi) is 5.41. The first-order valence-corrected chi connectivity index (χ1v) is 14.9. The molecule has 0 bridgehead atoms. The van der Waals surface area contributed by atoms with Gasteiger partial charge in [0.2, 0.25) is 0 Å². The van der Waals surface area contributed by atoms with Gasteiger partial charge in [0.1, 0.15) is 16.7 Å². The fourth-order valence-electron chi connectivity index (χ4n) is 6.64. The average Bonchev–Trinajstić information content (AvgIpc) is 3.65. The number of para-hydroxylation sites is 3. The molecule has 9 rings (SSSR count). The van der Waals surface area contributed by atoms with Crippen molar-refractivity contribution in [3.05, 3.63) is 151 Å². The topological polar surface area (TPSA) is 29.5 Å². The van der Waals surface area contributed by atoms with Crippen LogP contribution in [0.3, 0.4) is 0 Å². The van der Waals surface area contributed by atoms with Gasteiger partial charge in [-0.1, -0.05) is 121 Å². The fourth-order valence-corrected chi connectivity index (χ4v) is 6.64. The molecule has 0 aliphatic heterocycles. The molecule has 0 atom stereocenters. The van der Waals surface area contributed by atoms with Gasteiger partial charge in [-0.05, 0) is 42.8 Å². The van der Waals surface area contributed by atoms with Gasteiger partial charge in [0.25, 0.3) is 0 Å². The van der Waals surface area contributed by atoms with E-state index in [1.165, 1.54) is 5.56 Å². The zero-order valence-corrected chi connectivity index (χ0v) is 24.1. The molecular formula is C41H27NO2. The van der Waals surface area contributed by atoms with Crippen LogP contribution in [0.1, 0.15) is 5.56 Å². The van der Waals surface area contributed by atoms with Gasteiger partial charge in [-0.3, -0.25) is 0 Å². The first-order valence-electron chi connectivity index (χ1n) is 14.9. The molecule has 0 saturated carbocycles. The summed E-state index contributed by atoms with van der Waals surface area (Å²) in [5.74, 6) is 0. The van der Waals surface area contributed by atoms with Crippen LogP contribution < -0.4 is 4.90 Å². The second-order valence-corrected chi connectivity index (χ2v) is 11.4. The van der Waals surface area contributed by atoms with Crippen molar-refractivity contribution in [3.63, 3.8) is 0 Å². The summed E-state index contributed by atoms with van der Waals surface area (Å²) < 4.78 is 13.4. The van der Waals surface area contributed by atoms with Crippen LogP contribution in [0.15, 0.2) is 154 Å². The molecule has 3 nitrogen and oxygen atoms in total. The minimum Gasteiger partial charge on any atom is -0.455 e. The predicted molar refractivity (Wildman–Crippen MR) is 183 cm³/mol. The number of aryl methyl sites for hydroxylation is 1. The number of fused-ring (bicyclic) bond motifs is 8. The molecule has 208 valence electrons. The molecule has 0 saturated heterocycles. The number of benzene rings is 7. The summed E-state index contributed by atoms with van der Waals surface area (Å²) in [6.07, 6.45) is 0. The van der Waals surface area contributed by atoms with Crippen molar-refractivity contribution < 1.29 is 8.83 Å². The Labute approximate surface area is 254 Å². The van der Waals surface area contributed by atoms with Crippen molar-refractivity contribution in [1.82, 2.24) is 0 Å². The Morgan fingerprint density at radius 3 is 1.89 bits per heavy atom. The molecule has 0 fully saturated rings. The number of anilines is 3. The van der Waals surface area contributed by atoms with Gasteiger partial charge in [-0.2, -0.15) is 0 Å². The lowest BCUT2D eigenvalue weighted by Gasteiger charge is -2.27. The van der Waals surface area contributed by atoms with E-state index in [1.807, 2.05) is 18.2 Å². The quantitative estimate of drug-likeness (QED) is 0.213. The fraction of sp³-hybridized carbons (Fsp3) is 0.0244. The number of hydrogen-bond acceptors (Lipinski definition) is 3. The molecule has 0 unspecified atom stereocenters. The van der Waals surface area contributed by atoms with Crippen LogP contribution in [0, 0.1) is 6.92 Å². The second kappa shape index (κ2) is 9.62. The highest BCUT2D eigenvalue weighted by Gasteiger charge is 2.24. The zero-order chi connectivity index (χ0) is 29.2. The SMILES string of the molecule is Cc1ccc(N(c2cc3c4ccccc4oc3c3ccccc23)c2cccc3c2oc2c(-c4ccccc4)cccc23)cc1. The minimum atomic E-state index is 0.854. The van der Waals surface area contributed by atoms with E-state index < -0.39 is 0 Å². The first-order chi connectivity index (χ1) is 21.7. The Bertz CT molecular complexity index is 2500. The van der Waals surface area contributed by atoms with Crippen molar-refractivity contribution in [1.29, 1.82) is 0 Å². The summed E-state index contributed by atoms with van der Waals surface area (Å²) >= 11 is 0. The normalized spacial score (nSPS) is 11.8. The number of nitrogens with zero attached hydrogens (tertiary/aromatic N) is 1. The van der Waals surface area contributed by atoms with Crippen molar-refractivity contribution in [2.45, 2.75) is 6.92 Å². The third kappa shape index (κ3) is 3.69. The highest BCUT2D eigenvalue weighted by atomic mass is 16.3. The van der Waals surface area contributed by atoms with Gasteiger partial charge in [0.15, 0.2) is 5.58 Å².